The van der Waals surface area contributed by atoms with Crippen molar-refractivity contribution in [3.8, 4) is 0 Å². The van der Waals surface area contributed by atoms with Crippen LogP contribution < -0.4 is 20.7 Å². The summed E-state index contributed by atoms with van der Waals surface area (Å²) in [5.41, 5.74) is -2.82. The molecule has 14 nitrogen and oxygen atoms in total. The molecule has 4 aliphatic carbocycles. The average molecular weight is 830 g/mol. The molecule has 2 spiro atoms. The van der Waals surface area contributed by atoms with E-state index in [-0.39, 0.29) is 58.4 Å². The fraction of sp³-hybridized carbons (Fsp3) is 0.837. The summed E-state index contributed by atoms with van der Waals surface area (Å²) in [5, 5.41) is 9.26. The van der Waals surface area contributed by atoms with Crippen molar-refractivity contribution in [3.05, 3.63) is 12.7 Å². The van der Waals surface area contributed by atoms with Crippen molar-refractivity contribution >= 4 is 39.7 Å². The SMILES string of the molecule is C=CC1CC1(NC(=O)C1CC2(CN1C(=O)C(NC(=O)C(NC(=O)C1CCCCN1C(C)C)C1CCCCC1)C(C)(C)C)C(C)(C)C21CCC1)C(=O)NS(=O)(=O)N(C)C. The van der Waals surface area contributed by atoms with Gasteiger partial charge in [-0.2, -0.15) is 12.7 Å². The van der Waals surface area contributed by atoms with Crippen molar-refractivity contribution in [2.45, 2.75) is 168 Å². The van der Waals surface area contributed by atoms with E-state index in [1.165, 1.54) is 20.2 Å². The second-order valence-corrected chi connectivity index (χ2v) is 22.5. The van der Waals surface area contributed by atoms with Gasteiger partial charge in [-0.1, -0.05) is 72.8 Å². The van der Waals surface area contributed by atoms with Crippen LogP contribution in [0.2, 0.25) is 0 Å². The topological polar surface area (TPSA) is 177 Å². The second-order valence-electron chi connectivity index (χ2n) is 20.6. The number of hydrogen-bond acceptors (Lipinski definition) is 8. The summed E-state index contributed by atoms with van der Waals surface area (Å²) in [6.45, 7) is 19.3. The number of rotatable bonds is 13. The molecule has 2 aliphatic heterocycles. The maximum absolute atomic E-state index is 15.2. The first kappa shape index (κ1) is 44.5. The molecule has 6 rings (SSSR count). The van der Waals surface area contributed by atoms with E-state index in [4.69, 9.17) is 0 Å². The van der Waals surface area contributed by atoms with Crippen molar-refractivity contribution in [1.82, 2.24) is 34.8 Å². The molecule has 15 heteroatoms. The Labute approximate surface area is 347 Å². The van der Waals surface area contributed by atoms with Crippen LogP contribution in [0.15, 0.2) is 12.7 Å². The molecule has 4 N–H and O–H groups in total. The molecule has 0 aromatic rings. The molecule has 6 fully saturated rings. The molecule has 5 amide bonds. The Morgan fingerprint density at radius 2 is 1.48 bits per heavy atom. The first-order chi connectivity index (χ1) is 27.0. The van der Waals surface area contributed by atoms with E-state index >= 15 is 4.79 Å². The normalized spacial score (nSPS) is 31.6. The number of carbonyl (C=O) groups is 5. The molecule has 0 aromatic heterocycles. The lowest BCUT2D eigenvalue weighted by atomic mass is 9.73. The molecular weight excluding hydrogens is 759 g/mol. The predicted molar refractivity (Wildman–Crippen MR) is 222 cm³/mol. The van der Waals surface area contributed by atoms with Gasteiger partial charge in [0.1, 0.15) is 23.7 Å². The molecule has 4 saturated carbocycles. The zero-order valence-corrected chi connectivity index (χ0v) is 37.4. The largest absolute Gasteiger partial charge is 0.343 e. The van der Waals surface area contributed by atoms with Gasteiger partial charge in [0.25, 0.3) is 5.91 Å². The van der Waals surface area contributed by atoms with Gasteiger partial charge < -0.3 is 20.9 Å². The van der Waals surface area contributed by atoms with Crippen LogP contribution in [0.4, 0.5) is 0 Å². The number of fused-ring (bicyclic) bond motifs is 1. The fourth-order valence-electron chi connectivity index (χ4n) is 11.7. The van der Waals surface area contributed by atoms with Crippen LogP contribution >= 0.6 is 0 Å². The summed E-state index contributed by atoms with van der Waals surface area (Å²) in [5.74, 6) is -2.87. The van der Waals surface area contributed by atoms with Gasteiger partial charge in [0, 0.05) is 38.0 Å². The Morgan fingerprint density at radius 1 is 0.845 bits per heavy atom. The van der Waals surface area contributed by atoms with Crippen LogP contribution in [-0.4, -0.2) is 115 Å². The van der Waals surface area contributed by atoms with Gasteiger partial charge in [0.05, 0.1) is 6.04 Å². The average Bonchev–Trinajstić information content (AvgIpc) is 3.87. The van der Waals surface area contributed by atoms with E-state index in [0.717, 1.165) is 81.5 Å². The summed E-state index contributed by atoms with van der Waals surface area (Å²) >= 11 is 0. The Bertz CT molecular complexity index is 1760. The van der Waals surface area contributed by atoms with Crippen LogP contribution in [0.1, 0.15) is 132 Å². The summed E-state index contributed by atoms with van der Waals surface area (Å²) in [6.07, 6.45) is 12.5. The van der Waals surface area contributed by atoms with Gasteiger partial charge in [-0.25, -0.2) is 4.72 Å². The van der Waals surface area contributed by atoms with Crippen molar-refractivity contribution < 1.29 is 32.4 Å². The summed E-state index contributed by atoms with van der Waals surface area (Å²) in [6, 6.07) is -2.94. The zero-order chi connectivity index (χ0) is 42.8. The third kappa shape index (κ3) is 7.51. The molecule has 0 radical (unpaired) electrons. The molecule has 6 aliphatic rings. The quantitative estimate of drug-likeness (QED) is 0.204. The summed E-state index contributed by atoms with van der Waals surface area (Å²) < 4.78 is 28.4. The molecule has 7 unspecified atom stereocenters. The van der Waals surface area contributed by atoms with E-state index in [0.29, 0.717) is 13.0 Å². The summed E-state index contributed by atoms with van der Waals surface area (Å²) in [7, 11) is -1.53. The van der Waals surface area contributed by atoms with Crippen molar-refractivity contribution in [3.63, 3.8) is 0 Å². The fourth-order valence-corrected chi connectivity index (χ4v) is 12.3. The molecule has 0 aromatic carbocycles. The molecule has 2 heterocycles. The monoisotopic (exact) mass is 830 g/mol. The number of carbonyl (C=O) groups excluding carboxylic acids is 5. The van der Waals surface area contributed by atoms with Crippen LogP contribution in [0, 0.1) is 33.5 Å². The predicted octanol–water partition coefficient (Wildman–Crippen LogP) is 3.63. The molecule has 0 bridgehead atoms. The van der Waals surface area contributed by atoms with Gasteiger partial charge >= 0.3 is 10.2 Å². The first-order valence-electron chi connectivity index (χ1n) is 21.9. The van der Waals surface area contributed by atoms with Gasteiger partial charge in [-0.3, -0.25) is 28.9 Å². The Morgan fingerprint density at radius 3 is 2.00 bits per heavy atom. The van der Waals surface area contributed by atoms with Gasteiger partial charge in [-0.15, -0.1) is 6.58 Å². The van der Waals surface area contributed by atoms with E-state index in [1.54, 1.807) is 4.90 Å². The van der Waals surface area contributed by atoms with E-state index in [9.17, 15) is 27.6 Å². The van der Waals surface area contributed by atoms with Crippen LogP contribution in [-0.2, 0) is 34.2 Å². The number of likely N-dealkylation sites (tertiary alicyclic amines) is 2. The van der Waals surface area contributed by atoms with Crippen LogP contribution in [0.3, 0.4) is 0 Å². The minimum absolute atomic E-state index is 0.0224. The minimum Gasteiger partial charge on any atom is -0.343 e. The van der Waals surface area contributed by atoms with Gasteiger partial charge in [-0.05, 0) is 93.9 Å². The number of piperidine rings is 1. The van der Waals surface area contributed by atoms with E-state index in [1.807, 2.05) is 20.8 Å². The molecule has 7 atom stereocenters. The highest BCUT2D eigenvalue weighted by Gasteiger charge is 2.85. The highest BCUT2D eigenvalue weighted by molar-refractivity contribution is 7.87. The van der Waals surface area contributed by atoms with Gasteiger partial charge in [0.2, 0.25) is 23.6 Å². The van der Waals surface area contributed by atoms with Crippen LogP contribution in [0.5, 0.6) is 0 Å². The maximum atomic E-state index is 15.2. The Balaban J connectivity index is 1.29. The molecular formula is C43H71N7O7S. The Hall–Kier alpha value is -3.04. The smallest absolute Gasteiger partial charge is 0.303 e. The highest BCUT2D eigenvalue weighted by atomic mass is 32.2. The highest BCUT2D eigenvalue weighted by Crippen LogP contribution is 2.88. The lowest BCUT2D eigenvalue weighted by molar-refractivity contribution is -0.145. The molecule has 2 saturated heterocycles. The maximum Gasteiger partial charge on any atom is 0.303 e. The minimum atomic E-state index is -4.15. The third-order valence-electron chi connectivity index (χ3n) is 15.8. The second kappa shape index (κ2) is 15.8. The van der Waals surface area contributed by atoms with Crippen molar-refractivity contribution in [1.29, 1.82) is 0 Å². The summed E-state index contributed by atoms with van der Waals surface area (Å²) in [4.78, 5) is 76.1. The number of nitrogens with zero attached hydrogens (tertiary/aromatic N) is 3. The van der Waals surface area contributed by atoms with E-state index in [2.05, 4.69) is 59.8 Å². The third-order valence-corrected chi connectivity index (χ3v) is 17.2. The number of amides is 5. The lowest BCUT2D eigenvalue weighted by Gasteiger charge is -2.40. The molecule has 58 heavy (non-hydrogen) atoms. The zero-order valence-electron chi connectivity index (χ0n) is 36.5. The lowest BCUT2D eigenvalue weighted by Crippen LogP contribution is -2.63. The Kier molecular flexibility index (Phi) is 12.1. The van der Waals surface area contributed by atoms with Gasteiger partial charge in [0.15, 0.2) is 0 Å². The standard InChI is InChI=1S/C43H71N7O7S/c1-11-29-24-43(29,38(55)47-58(56,57)48(9)10)46-35(52)31-25-42(40(7,8)41(42)21-17-22-41)26-50(31)37(54)33(39(4,5)6)45-36(53)32(28-18-13-12-14-19-28)44-34(51)30-20-15-16-23-49(30)27(2)3/h11,27-33H,1,12-26H2,2-10H3,(H,44,51)(H,45,53)(H,46,52)(H,47,55). The van der Waals surface area contributed by atoms with Crippen molar-refractivity contribution in [2.24, 2.45) is 33.5 Å². The van der Waals surface area contributed by atoms with Crippen LogP contribution in [0.25, 0.3) is 0 Å². The number of nitrogens with one attached hydrogen (secondary N) is 4. The first-order valence-corrected chi connectivity index (χ1v) is 23.3. The van der Waals surface area contributed by atoms with Crippen molar-refractivity contribution in [2.75, 3.05) is 27.2 Å². The van der Waals surface area contributed by atoms with E-state index < -0.39 is 57.0 Å². The number of hydrogen-bond donors (Lipinski definition) is 4. The molecule has 326 valence electrons.